The Morgan fingerprint density at radius 1 is 1.35 bits per heavy atom. The monoisotopic (exact) mass is 314 g/mol. The second kappa shape index (κ2) is 5.87. The minimum atomic E-state index is -1.21. The number of aromatic nitrogens is 1. The van der Waals surface area contributed by atoms with Crippen LogP contribution in [-0.2, 0) is 10.2 Å². The molecule has 23 heavy (non-hydrogen) atoms. The van der Waals surface area contributed by atoms with Crippen molar-refractivity contribution in [3.63, 3.8) is 0 Å². The molecule has 3 rings (SSSR count). The molecule has 6 nitrogen and oxygen atoms in total. The molecule has 1 amide bonds. The number of nitrogens with one attached hydrogen (secondary N) is 1. The standard InChI is InChI=1S/C17H18N2O4/c1-17(16(21)22,12-5-3-2-4-6-12)10-18-15(20)13-9-14(23-19-13)11-7-8-11/h2-6,9,11H,7-8,10H2,1H3,(H,18,20)(H,21,22). The Bertz CT molecular complexity index is 721. The number of aliphatic carboxylic acids is 1. The van der Waals surface area contributed by atoms with E-state index in [1.54, 1.807) is 37.3 Å². The first-order chi connectivity index (χ1) is 11.0. The van der Waals surface area contributed by atoms with Crippen LogP contribution in [0.15, 0.2) is 40.9 Å². The molecule has 0 aliphatic heterocycles. The molecule has 2 aromatic rings. The molecule has 6 heteroatoms. The van der Waals surface area contributed by atoms with Crippen LogP contribution >= 0.6 is 0 Å². The van der Waals surface area contributed by atoms with Crippen molar-refractivity contribution in [1.82, 2.24) is 10.5 Å². The highest BCUT2D eigenvalue weighted by Gasteiger charge is 2.36. The summed E-state index contributed by atoms with van der Waals surface area (Å²) < 4.78 is 5.15. The van der Waals surface area contributed by atoms with E-state index in [2.05, 4.69) is 10.5 Å². The van der Waals surface area contributed by atoms with E-state index in [-0.39, 0.29) is 12.2 Å². The lowest BCUT2D eigenvalue weighted by Crippen LogP contribution is -2.44. The number of amides is 1. The maximum Gasteiger partial charge on any atom is 0.315 e. The summed E-state index contributed by atoms with van der Waals surface area (Å²) in [5.74, 6) is -0.330. The zero-order valence-electron chi connectivity index (χ0n) is 12.8. The average Bonchev–Trinajstić information content (AvgIpc) is 3.30. The molecule has 1 saturated carbocycles. The number of rotatable bonds is 6. The van der Waals surface area contributed by atoms with Crippen molar-refractivity contribution in [1.29, 1.82) is 0 Å². The molecule has 1 atom stereocenters. The van der Waals surface area contributed by atoms with Crippen molar-refractivity contribution >= 4 is 11.9 Å². The zero-order valence-corrected chi connectivity index (χ0v) is 12.8. The third kappa shape index (κ3) is 3.11. The van der Waals surface area contributed by atoms with Gasteiger partial charge in [0.05, 0.1) is 0 Å². The number of carbonyl (C=O) groups excluding carboxylic acids is 1. The Morgan fingerprint density at radius 2 is 2.04 bits per heavy atom. The number of carboxylic acid groups (broad SMARTS) is 1. The number of carboxylic acids is 1. The van der Waals surface area contributed by atoms with Crippen molar-refractivity contribution in [2.45, 2.75) is 31.1 Å². The van der Waals surface area contributed by atoms with E-state index >= 15 is 0 Å². The van der Waals surface area contributed by atoms with Crippen molar-refractivity contribution in [2.75, 3.05) is 6.54 Å². The third-order valence-corrected chi connectivity index (χ3v) is 4.23. The summed E-state index contributed by atoms with van der Waals surface area (Å²) in [6, 6.07) is 10.5. The van der Waals surface area contributed by atoms with Gasteiger partial charge in [0.15, 0.2) is 5.69 Å². The van der Waals surface area contributed by atoms with Crippen LogP contribution in [-0.4, -0.2) is 28.7 Å². The highest BCUT2D eigenvalue weighted by atomic mass is 16.5. The second-order valence-corrected chi connectivity index (χ2v) is 6.07. The first-order valence-electron chi connectivity index (χ1n) is 7.54. The molecule has 1 fully saturated rings. The van der Waals surface area contributed by atoms with Crippen molar-refractivity contribution < 1.29 is 19.2 Å². The highest BCUT2D eigenvalue weighted by molar-refractivity contribution is 5.93. The SMILES string of the molecule is CC(CNC(=O)c1cc(C2CC2)on1)(C(=O)O)c1ccccc1. The van der Waals surface area contributed by atoms with Gasteiger partial charge in [-0.1, -0.05) is 35.5 Å². The fraction of sp³-hybridized carbons (Fsp3) is 0.353. The Hall–Kier alpha value is -2.63. The Labute approximate surface area is 133 Å². The van der Waals surface area contributed by atoms with Crippen LogP contribution in [0.25, 0.3) is 0 Å². The molecule has 1 aliphatic rings. The van der Waals surface area contributed by atoms with Gasteiger partial charge in [-0.05, 0) is 25.3 Å². The summed E-state index contributed by atoms with van der Waals surface area (Å²) in [6.07, 6.45) is 2.11. The quantitative estimate of drug-likeness (QED) is 0.853. The first-order valence-corrected chi connectivity index (χ1v) is 7.54. The maximum atomic E-state index is 12.2. The van der Waals surface area contributed by atoms with Gasteiger partial charge in [-0.15, -0.1) is 0 Å². The van der Waals surface area contributed by atoms with Crippen LogP contribution in [0, 0.1) is 0 Å². The summed E-state index contributed by atoms with van der Waals surface area (Å²) in [4.78, 5) is 23.9. The van der Waals surface area contributed by atoms with Gasteiger partial charge in [-0.3, -0.25) is 9.59 Å². The number of hydrogen-bond acceptors (Lipinski definition) is 4. The topological polar surface area (TPSA) is 92.4 Å². The molecule has 1 aromatic carbocycles. The number of nitrogens with zero attached hydrogens (tertiary/aromatic N) is 1. The highest BCUT2D eigenvalue weighted by Crippen LogP contribution is 2.40. The summed E-state index contributed by atoms with van der Waals surface area (Å²) in [5.41, 5.74) is -0.390. The largest absolute Gasteiger partial charge is 0.481 e. The number of carbonyl (C=O) groups is 2. The number of hydrogen-bond donors (Lipinski definition) is 2. The lowest BCUT2D eigenvalue weighted by molar-refractivity contribution is -0.142. The van der Waals surface area contributed by atoms with Gasteiger partial charge in [0.2, 0.25) is 0 Å². The molecule has 0 radical (unpaired) electrons. The van der Waals surface area contributed by atoms with Gasteiger partial charge in [-0.2, -0.15) is 0 Å². The summed E-state index contributed by atoms with van der Waals surface area (Å²) >= 11 is 0. The molecule has 1 aromatic heterocycles. The van der Waals surface area contributed by atoms with Crippen LogP contribution in [0.2, 0.25) is 0 Å². The van der Waals surface area contributed by atoms with Crippen molar-refractivity contribution in [3.05, 3.63) is 53.4 Å². The van der Waals surface area contributed by atoms with Crippen molar-refractivity contribution in [3.8, 4) is 0 Å². The second-order valence-electron chi connectivity index (χ2n) is 6.07. The zero-order chi connectivity index (χ0) is 16.4. The fourth-order valence-electron chi connectivity index (χ4n) is 2.41. The van der Waals surface area contributed by atoms with E-state index < -0.39 is 17.3 Å². The Morgan fingerprint density at radius 3 is 2.65 bits per heavy atom. The van der Waals surface area contributed by atoms with Crippen LogP contribution < -0.4 is 5.32 Å². The van der Waals surface area contributed by atoms with Gasteiger partial charge >= 0.3 is 5.97 Å². The van der Waals surface area contributed by atoms with Crippen LogP contribution in [0.4, 0.5) is 0 Å². The lowest BCUT2D eigenvalue weighted by atomic mass is 9.82. The molecular formula is C17H18N2O4. The minimum absolute atomic E-state index is 0.0310. The van der Waals surface area contributed by atoms with E-state index in [0.717, 1.165) is 18.6 Å². The molecule has 0 saturated heterocycles. The number of benzene rings is 1. The summed E-state index contributed by atoms with van der Waals surface area (Å²) in [7, 11) is 0. The van der Waals surface area contributed by atoms with Gasteiger partial charge in [0.25, 0.3) is 5.91 Å². The van der Waals surface area contributed by atoms with Gasteiger partial charge in [0, 0.05) is 18.5 Å². The van der Waals surface area contributed by atoms with E-state index in [4.69, 9.17) is 4.52 Å². The van der Waals surface area contributed by atoms with E-state index in [9.17, 15) is 14.7 Å². The molecule has 1 aliphatic carbocycles. The predicted octanol–water partition coefficient (Wildman–Crippen LogP) is 2.32. The van der Waals surface area contributed by atoms with E-state index in [1.807, 2.05) is 6.07 Å². The fourth-order valence-corrected chi connectivity index (χ4v) is 2.41. The van der Waals surface area contributed by atoms with Gasteiger partial charge in [-0.25, -0.2) is 0 Å². The third-order valence-electron chi connectivity index (χ3n) is 4.23. The predicted molar refractivity (Wildman–Crippen MR) is 82.2 cm³/mol. The van der Waals surface area contributed by atoms with Gasteiger partial charge < -0.3 is 14.9 Å². The Kier molecular flexibility index (Phi) is 3.90. The van der Waals surface area contributed by atoms with Crippen molar-refractivity contribution in [2.24, 2.45) is 0 Å². The van der Waals surface area contributed by atoms with E-state index in [1.165, 1.54) is 0 Å². The summed E-state index contributed by atoms with van der Waals surface area (Å²) in [5, 5.41) is 16.0. The smallest absolute Gasteiger partial charge is 0.315 e. The normalized spacial score (nSPS) is 16.6. The summed E-state index contributed by atoms with van der Waals surface area (Å²) in [6.45, 7) is 1.56. The molecule has 1 unspecified atom stereocenters. The van der Waals surface area contributed by atoms with Crippen LogP contribution in [0.3, 0.4) is 0 Å². The average molecular weight is 314 g/mol. The van der Waals surface area contributed by atoms with Crippen LogP contribution in [0.5, 0.6) is 0 Å². The minimum Gasteiger partial charge on any atom is -0.481 e. The maximum absolute atomic E-state index is 12.2. The molecule has 0 bridgehead atoms. The lowest BCUT2D eigenvalue weighted by Gasteiger charge is -2.25. The van der Waals surface area contributed by atoms with Crippen LogP contribution in [0.1, 0.15) is 47.5 Å². The first kappa shape index (κ1) is 15.3. The molecule has 2 N–H and O–H groups in total. The molecular weight excluding hydrogens is 296 g/mol. The molecule has 1 heterocycles. The molecule has 120 valence electrons. The Balaban J connectivity index is 1.71. The van der Waals surface area contributed by atoms with E-state index in [0.29, 0.717) is 11.5 Å². The van der Waals surface area contributed by atoms with Gasteiger partial charge in [0.1, 0.15) is 11.2 Å². The molecule has 0 spiro atoms.